The van der Waals surface area contributed by atoms with Crippen LogP contribution in [0, 0.1) is 6.92 Å². The van der Waals surface area contributed by atoms with Crippen LogP contribution in [-0.2, 0) is 4.57 Å². The first-order chi connectivity index (χ1) is 12.8. The number of nitrogens with zero attached hydrogens (tertiary/aromatic N) is 3. The molecular formula is C18H25N4O3PS. The zero-order chi connectivity index (χ0) is 19.6. The molecular weight excluding hydrogens is 383 g/mol. The van der Waals surface area contributed by atoms with E-state index in [1.807, 2.05) is 38.2 Å². The van der Waals surface area contributed by atoms with Crippen LogP contribution in [0.5, 0.6) is 0 Å². The summed E-state index contributed by atoms with van der Waals surface area (Å²) in [5, 5.41) is 4.54. The van der Waals surface area contributed by atoms with Crippen molar-refractivity contribution in [2.75, 3.05) is 31.5 Å². The Kier molecular flexibility index (Phi) is 6.03. The number of rotatable bonds is 2. The van der Waals surface area contributed by atoms with Crippen molar-refractivity contribution in [1.29, 1.82) is 0 Å². The minimum absolute atomic E-state index is 0.307. The summed E-state index contributed by atoms with van der Waals surface area (Å²) in [5.74, 6) is 0.851. The number of allylic oxidation sites excluding steroid dienone is 4. The fraction of sp³-hybridized carbons (Fsp3) is 0.389. The number of fused-ring (bicyclic) bond motifs is 1. The molecule has 1 fully saturated rings. The third-order valence-electron chi connectivity index (χ3n) is 4.50. The third kappa shape index (κ3) is 4.42. The van der Waals surface area contributed by atoms with Crippen molar-refractivity contribution in [2.45, 2.75) is 20.8 Å². The molecule has 0 aliphatic carbocycles. The number of hydrogen-bond donors (Lipinski definition) is 3. The van der Waals surface area contributed by atoms with Gasteiger partial charge in [-0.15, -0.1) is 11.3 Å². The maximum atomic E-state index is 11.5. The Hall–Kier alpha value is -1.70. The van der Waals surface area contributed by atoms with Crippen molar-refractivity contribution in [3.05, 3.63) is 52.2 Å². The van der Waals surface area contributed by atoms with Crippen molar-refractivity contribution >= 4 is 29.9 Å². The van der Waals surface area contributed by atoms with Gasteiger partial charge in [-0.05, 0) is 32.9 Å². The van der Waals surface area contributed by atoms with Crippen LogP contribution in [0.15, 0.2) is 46.8 Å². The Morgan fingerprint density at radius 2 is 1.96 bits per heavy atom. The molecule has 0 atom stereocenters. The molecule has 0 radical (unpaired) electrons. The van der Waals surface area contributed by atoms with Gasteiger partial charge in [-0.1, -0.05) is 18.2 Å². The number of piperazine rings is 1. The van der Waals surface area contributed by atoms with Crippen LogP contribution < -0.4 is 5.32 Å². The van der Waals surface area contributed by atoms with E-state index in [-0.39, 0.29) is 0 Å². The molecule has 2 aliphatic rings. The minimum Gasteiger partial charge on any atom is -0.353 e. The van der Waals surface area contributed by atoms with Gasteiger partial charge in [-0.25, -0.2) is 14.2 Å². The minimum atomic E-state index is -4.19. The lowest BCUT2D eigenvalue weighted by Crippen LogP contribution is -2.47. The fourth-order valence-electron chi connectivity index (χ4n) is 3.14. The van der Waals surface area contributed by atoms with Gasteiger partial charge in [0.2, 0.25) is 0 Å². The molecule has 7 nitrogen and oxygen atoms in total. The SMILES string of the molecule is C\C=C/C=C1/Nc2sc(C)cc2C(N2CCN(P(=O)(O)O)CC2)=N/C1=C/C. The third-order valence-corrected chi connectivity index (χ3v) is 6.60. The first kappa shape index (κ1) is 20.0. The van der Waals surface area contributed by atoms with Crippen LogP contribution in [0.3, 0.4) is 0 Å². The molecule has 0 bridgehead atoms. The Bertz CT molecular complexity index is 873. The molecule has 0 unspecified atom stereocenters. The molecule has 9 heteroatoms. The molecule has 146 valence electrons. The summed E-state index contributed by atoms with van der Waals surface area (Å²) in [6.07, 6.45) is 7.93. The van der Waals surface area contributed by atoms with Crippen LogP contribution in [0.4, 0.5) is 5.00 Å². The van der Waals surface area contributed by atoms with Gasteiger partial charge < -0.3 is 20.0 Å². The van der Waals surface area contributed by atoms with E-state index >= 15 is 0 Å². The highest BCUT2D eigenvalue weighted by atomic mass is 32.1. The van der Waals surface area contributed by atoms with Gasteiger partial charge in [0.05, 0.1) is 17.0 Å². The molecule has 27 heavy (non-hydrogen) atoms. The average molecular weight is 408 g/mol. The molecule has 1 aromatic rings. The van der Waals surface area contributed by atoms with E-state index in [1.165, 1.54) is 9.55 Å². The smallest absolute Gasteiger partial charge is 0.353 e. The Labute approximate surface area is 163 Å². The van der Waals surface area contributed by atoms with E-state index in [2.05, 4.69) is 23.2 Å². The quantitative estimate of drug-likeness (QED) is 0.651. The maximum Gasteiger partial charge on any atom is 0.403 e. The van der Waals surface area contributed by atoms with E-state index < -0.39 is 7.75 Å². The summed E-state index contributed by atoms with van der Waals surface area (Å²) in [7, 11) is -4.19. The standard InChI is InChI=1S/C18H25N4O3PS/c1-4-6-7-16-15(5-2)19-17(14-12-13(3)27-18(14)20-16)21-8-10-22(11-9-21)26(23,24)25/h4-7,12,20H,8-11H2,1-3H3,(H2,23,24,25)/b6-4-,15-5+,16-7+. The summed E-state index contributed by atoms with van der Waals surface area (Å²) >= 11 is 1.68. The monoisotopic (exact) mass is 408 g/mol. The number of thiophene rings is 1. The number of aryl methyl sites for hydroxylation is 1. The molecule has 3 rings (SSSR count). The van der Waals surface area contributed by atoms with Crippen LogP contribution in [0.1, 0.15) is 24.3 Å². The van der Waals surface area contributed by atoms with Crippen LogP contribution in [0.25, 0.3) is 0 Å². The Morgan fingerprint density at radius 1 is 1.26 bits per heavy atom. The first-order valence-electron chi connectivity index (χ1n) is 8.85. The van der Waals surface area contributed by atoms with Crippen molar-refractivity contribution in [1.82, 2.24) is 9.57 Å². The molecule has 1 aromatic heterocycles. The predicted octanol–water partition coefficient (Wildman–Crippen LogP) is 3.30. The van der Waals surface area contributed by atoms with Crippen molar-refractivity contribution in [3.8, 4) is 0 Å². The van der Waals surface area contributed by atoms with Crippen LogP contribution >= 0.6 is 19.1 Å². The lowest BCUT2D eigenvalue weighted by molar-refractivity contribution is 0.210. The molecule has 3 heterocycles. The van der Waals surface area contributed by atoms with E-state index in [0.717, 1.165) is 27.8 Å². The van der Waals surface area contributed by atoms with E-state index in [1.54, 1.807) is 11.3 Å². The fourth-order valence-corrected chi connectivity index (χ4v) is 4.76. The van der Waals surface area contributed by atoms with E-state index in [0.29, 0.717) is 26.2 Å². The highest BCUT2D eigenvalue weighted by Crippen LogP contribution is 2.41. The lowest BCUT2D eigenvalue weighted by Gasteiger charge is -2.36. The van der Waals surface area contributed by atoms with E-state index in [4.69, 9.17) is 4.99 Å². The van der Waals surface area contributed by atoms with Gasteiger partial charge in [0.1, 0.15) is 10.8 Å². The summed E-state index contributed by atoms with van der Waals surface area (Å²) in [4.78, 5) is 27.0. The van der Waals surface area contributed by atoms with Gasteiger partial charge in [-0.2, -0.15) is 0 Å². The summed E-state index contributed by atoms with van der Waals surface area (Å²) in [6.45, 7) is 7.64. The number of nitrogens with one attached hydrogen (secondary N) is 1. The van der Waals surface area contributed by atoms with Crippen LogP contribution in [0.2, 0.25) is 0 Å². The van der Waals surface area contributed by atoms with Gasteiger partial charge >= 0.3 is 7.75 Å². The highest BCUT2D eigenvalue weighted by Gasteiger charge is 2.32. The van der Waals surface area contributed by atoms with Gasteiger partial charge in [0, 0.05) is 31.1 Å². The van der Waals surface area contributed by atoms with Gasteiger partial charge in [0.15, 0.2) is 0 Å². The molecule has 2 aliphatic heterocycles. The highest BCUT2D eigenvalue weighted by molar-refractivity contribution is 7.49. The maximum absolute atomic E-state index is 11.5. The summed E-state index contributed by atoms with van der Waals surface area (Å²) in [6, 6.07) is 2.12. The molecule has 3 N–H and O–H groups in total. The van der Waals surface area contributed by atoms with E-state index in [9.17, 15) is 14.4 Å². The second kappa shape index (κ2) is 8.12. The van der Waals surface area contributed by atoms with Gasteiger partial charge in [0.25, 0.3) is 0 Å². The molecule has 1 saturated heterocycles. The number of anilines is 1. The number of amidine groups is 1. The Balaban J connectivity index is 1.98. The van der Waals surface area contributed by atoms with Crippen LogP contribution in [-0.4, -0.2) is 51.4 Å². The van der Waals surface area contributed by atoms with Crippen molar-refractivity contribution in [3.63, 3.8) is 0 Å². The summed E-state index contributed by atoms with van der Waals surface area (Å²) in [5.41, 5.74) is 2.81. The largest absolute Gasteiger partial charge is 0.403 e. The first-order valence-corrected chi connectivity index (χ1v) is 11.2. The Morgan fingerprint density at radius 3 is 2.56 bits per heavy atom. The number of aliphatic imine (C=N–C) groups is 1. The molecule has 0 saturated carbocycles. The normalized spacial score (nSPS) is 22.1. The molecule has 0 spiro atoms. The topological polar surface area (TPSA) is 88.4 Å². The zero-order valence-electron chi connectivity index (χ0n) is 15.7. The van der Waals surface area contributed by atoms with Crippen molar-refractivity contribution < 1.29 is 14.4 Å². The molecule has 0 amide bonds. The molecule has 0 aromatic carbocycles. The second-order valence-corrected chi connectivity index (χ2v) is 9.24. The lowest BCUT2D eigenvalue weighted by atomic mass is 10.2. The van der Waals surface area contributed by atoms with Crippen molar-refractivity contribution in [2.24, 2.45) is 4.99 Å². The summed E-state index contributed by atoms with van der Waals surface area (Å²) < 4.78 is 12.7. The average Bonchev–Trinajstić information content (AvgIpc) is 2.92. The van der Waals surface area contributed by atoms with Gasteiger partial charge in [-0.3, -0.25) is 0 Å². The second-order valence-electron chi connectivity index (χ2n) is 6.39. The number of hydrogen-bond acceptors (Lipinski definition) is 5. The predicted molar refractivity (Wildman–Crippen MR) is 111 cm³/mol. The zero-order valence-corrected chi connectivity index (χ0v) is 17.4.